The van der Waals surface area contributed by atoms with E-state index < -0.39 is 0 Å². The van der Waals surface area contributed by atoms with E-state index in [4.69, 9.17) is 9.41 Å². The standard InChI is InChI=1S/C23H28N6O2/c1-2-24-23(28-14-12-27(13-15-28)22(30)21-9-5-16-31-21)25-17-19-7-3-4-8-20(19)18-29-11-6-10-26-29/h3-11,16H,2,12-15,17-18H2,1H3,(H,24,25). The van der Waals surface area contributed by atoms with Crippen LogP contribution in [0.15, 0.2) is 70.5 Å². The van der Waals surface area contributed by atoms with Gasteiger partial charge in [-0.2, -0.15) is 5.10 Å². The highest BCUT2D eigenvalue weighted by atomic mass is 16.3. The Bertz CT molecular complexity index is 989. The van der Waals surface area contributed by atoms with Crippen LogP contribution in [0.5, 0.6) is 0 Å². The molecule has 3 aromatic rings. The molecule has 162 valence electrons. The molecule has 2 aromatic heterocycles. The molecule has 1 saturated heterocycles. The van der Waals surface area contributed by atoms with Crippen molar-refractivity contribution in [3.05, 3.63) is 78.0 Å². The van der Waals surface area contributed by atoms with E-state index in [0.717, 1.165) is 32.1 Å². The third-order valence-electron chi connectivity index (χ3n) is 5.34. The van der Waals surface area contributed by atoms with Gasteiger partial charge in [-0.05, 0) is 36.2 Å². The van der Waals surface area contributed by atoms with Gasteiger partial charge in [0.05, 0.1) is 19.4 Å². The fourth-order valence-corrected chi connectivity index (χ4v) is 3.70. The summed E-state index contributed by atoms with van der Waals surface area (Å²) in [4.78, 5) is 21.4. The Hall–Kier alpha value is -3.55. The van der Waals surface area contributed by atoms with Crippen LogP contribution in [0, 0.1) is 0 Å². The maximum Gasteiger partial charge on any atom is 0.289 e. The number of hydrogen-bond donors (Lipinski definition) is 1. The Morgan fingerprint density at radius 2 is 1.84 bits per heavy atom. The fourth-order valence-electron chi connectivity index (χ4n) is 3.70. The quantitative estimate of drug-likeness (QED) is 0.490. The summed E-state index contributed by atoms with van der Waals surface area (Å²) in [6.45, 7) is 6.91. The average molecular weight is 421 g/mol. The second kappa shape index (κ2) is 9.97. The highest BCUT2D eigenvalue weighted by Gasteiger charge is 2.25. The summed E-state index contributed by atoms with van der Waals surface area (Å²) in [6, 6.07) is 13.7. The molecular weight excluding hydrogens is 392 g/mol. The molecule has 1 N–H and O–H groups in total. The zero-order valence-electron chi connectivity index (χ0n) is 17.8. The maximum atomic E-state index is 12.5. The largest absolute Gasteiger partial charge is 0.459 e. The third kappa shape index (κ3) is 5.14. The molecule has 0 radical (unpaired) electrons. The monoisotopic (exact) mass is 420 g/mol. The number of piperazine rings is 1. The highest BCUT2D eigenvalue weighted by Crippen LogP contribution is 2.13. The van der Waals surface area contributed by atoms with Gasteiger partial charge in [0.25, 0.3) is 5.91 Å². The number of rotatable bonds is 6. The molecule has 0 saturated carbocycles. The summed E-state index contributed by atoms with van der Waals surface area (Å²) in [5.41, 5.74) is 2.39. The number of nitrogens with zero attached hydrogens (tertiary/aromatic N) is 5. The van der Waals surface area contributed by atoms with Gasteiger partial charge in [0.1, 0.15) is 0 Å². The van der Waals surface area contributed by atoms with E-state index in [1.165, 1.54) is 17.4 Å². The van der Waals surface area contributed by atoms with Crippen LogP contribution in [0.3, 0.4) is 0 Å². The van der Waals surface area contributed by atoms with Crippen LogP contribution in [0.25, 0.3) is 0 Å². The summed E-state index contributed by atoms with van der Waals surface area (Å²) in [5.74, 6) is 1.21. The lowest BCUT2D eigenvalue weighted by atomic mass is 10.1. The van der Waals surface area contributed by atoms with Crippen molar-refractivity contribution in [2.75, 3.05) is 32.7 Å². The summed E-state index contributed by atoms with van der Waals surface area (Å²) in [7, 11) is 0. The highest BCUT2D eigenvalue weighted by molar-refractivity contribution is 5.91. The minimum absolute atomic E-state index is 0.0564. The van der Waals surface area contributed by atoms with Crippen molar-refractivity contribution in [1.29, 1.82) is 0 Å². The normalized spacial score (nSPS) is 14.7. The first kappa shape index (κ1) is 20.7. The molecule has 4 rings (SSSR count). The smallest absolute Gasteiger partial charge is 0.289 e. The van der Waals surface area contributed by atoms with Gasteiger partial charge in [-0.3, -0.25) is 9.48 Å². The number of guanidine groups is 1. The molecule has 0 bridgehead atoms. The van der Waals surface area contributed by atoms with Crippen LogP contribution in [0.1, 0.15) is 28.6 Å². The number of benzene rings is 1. The minimum Gasteiger partial charge on any atom is -0.459 e. The van der Waals surface area contributed by atoms with E-state index in [2.05, 4.69) is 34.4 Å². The van der Waals surface area contributed by atoms with Gasteiger partial charge in [-0.1, -0.05) is 24.3 Å². The zero-order valence-corrected chi connectivity index (χ0v) is 17.8. The van der Waals surface area contributed by atoms with Gasteiger partial charge in [-0.15, -0.1) is 0 Å². The van der Waals surface area contributed by atoms with Crippen LogP contribution in [0.2, 0.25) is 0 Å². The van der Waals surface area contributed by atoms with E-state index in [1.807, 2.05) is 34.0 Å². The molecule has 1 aliphatic heterocycles. The molecule has 0 unspecified atom stereocenters. The van der Waals surface area contributed by atoms with Gasteiger partial charge in [-0.25, -0.2) is 4.99 Å². The van der Waals surface area contributed by atoms with Gasteiger partial charge in [0.2, 0.25) is 0 Å². The number of furan rings is 1. The van der Waals surface area contributed by atoms with Crippen molar-refractivity contribution in [2.24, 2.45) is 4.99 Å². The molecule has 1 fully saturated rings. The molecule has 8 heteroatoms. The first-order valence-corrected chi connectivity index (χ1v) is 10.6. The van der Waals surface area contributed by atoms with Crippen LogP contribution in [0.4, 0.5) is 0 Å². The second-order valence-electron chi connectivity index (χ2n) is 7.40. The van der Waals surface area contributed by atoms with E-state index in [0.29, 0.717) is 25.4 Å². The van der Waals surface area contributed by atoms with Crippen molar-refractivity contribution in [3.8, 4) is 0 Å². The summed E-state index contributed by atoms with van der Waals surface area (Å²) < 4.78 is 7.17. The summed E-state index contributed by atoms with van der Waals surface area (Å²) >= 11 is 0. The number of amides is 1. The molecule has 8 nitrogen and oxygen atoms in total. The van der Waals surface area contributed by atoms with Crippen molar-refractivity contribution in [2.45, 2.75) is 20.0 Å². The molecular formula is C23H28N6O2. The predicted octanol–water partition coefficient (Wildman–Crippen LogP) is 2.45. The lowest BCUT2D eigenvalue weighted by molar-refractivity contribution is 0.0657. The van der Waals surface area contributed by atoms with Crippen LogP contribution in [-0.4, -0.2) is 64.2 Å². The number of hydrogen-bond acceptors (Lipinski definition) is 4. The maximum absolute atomic E-state index is 12.5. The Morgan fingerprint density at radius 3 is 2.52 bits per heavy atom. The second-order valence-corrected chi connectivity index (χ2v) is 7.40. The molecule has 1 aliphatic rings. The lowest BCUT2D eigenvalue weighted by Crippen LogP contribution is -2.53. The number of aliphatic imine (C=N–C) groups is 1. The van der Waals surface area contributed by atoms with Crippen LogP contribution < -0.4 is 5.32 Å². The third-order valence-corrected chi connectivity index (χ3v) is 5.34. The Balaban J connectivity index is 1.41. The van der Waals surface area contributed by atoms with Gasteiger partial charge >= 0.3 is 0 Å². The van der Waals surface area contributed by atoms with Gasteiger partial charge < -0.3 is 19.5 Å². The zero-order chi connectivity index (χ0) is 21.5. The molecule has 0 spiro atoms. The first-order chi connectivity index (χ1) is 15.2. The van der Waals surface area contributed by atoms with Crippen LogP contribution in [-0.2, 0) is 13.1 Å². The number of carbonyl (C=O) groups excluding carboxylic acids is 1. The number of nitrogens with one attached hydrogen (secondary N) is 1. The Kier molecular flexibility index (Phi) is 6.66. The lowest BCUT2D eigenvalue weighted by Gasteiger charge is -2.36. The molecule has 0 atom stereocenters. The first-order valence-electron chi connectivity index (χ1n) is 10.6. The molecule has 3 heterocycles. The minimum atomic E-state index is -0.0564. The van der Waals surface area contributed by atoms with Gasteiger partial charge in [0.15, 0.2) is 11.7 Å². The molecule has 0 aliphatic carbocycles. The van der Waals surface area contributed by atoms with E-state index in [9.17, 15) is 4.79 Å². The SMILES string of the molecule is CCNC(=NCc1ccccc1Cn1cccn1)N1CCN(C(=O)c2ccco2)CC1. The molecule has 1 amide bonds. The molecule has 1 aromatic carbocycles. The topological polar surface area (TPSA) is 78.9 Å². The van der Waals surface area contributed by atoms with E-state index >= 15 is 0 Å². The number of carbonyl (C=O) groups is 1. The van der Waals surface area contributed by atoms with Crippen molar-refractivity contribution >= 4 is 11.9 Å². The predicted molar refractivity (Wildman–Crippen MR) is 119 cm³/mol. The summed E-state index contributed by atoms with van der Waals surface area (Å²) in [5, 5.41) is 7.71. The Morgan fingerprint density at radius 1 is 1.06 bits per heavy atom. The van der Waals surface area contributed by atoms with E-state index in [-0.39, 0.29) is 5.91 Å². The van der Waals surface area contributed by atoms with E-state index in [1.54, 1.807) is 18.3 Å². The fraction of sp³-hybridized carbons (Fsp3) is 0.348. The average Bonchev–Trinajstić information content (AvgIpc) is 3.52. The van der Waals surface area contributed by atoms with Crippen molar-refractivity contribution in [1.82, 2.24) is 24.9 Å². The van der Waals surface area contributed by atoms with Crippen molar-refractivity contribution in [3.63, 3.8) is 0 Å². The Labute approximate surface area is 182 Å². The van der Waals surface area contributed by atoms with Gasteiger partial charge in [0, 0.05) is 45.1 Å². The van der Waals surface area contributed by atoms with Crippen LogP contribution >= 0.6 is 0 Å². The molecule has 31 heavy (non-hydrogen) atoms. The van der Waals surface area contributed by atoms with Crippen molar-refractivity contribution < 1.29 is 9.21 Å². The summed E-state index contributed by atoms with van der Waals surface area (Å²) in [6.07, 6.45) is 5.29. The number of aromatic nitrogens is 2.